The summed E-state index contributed by atoms with van der Waals surface area (Å²) in [7, 11) is 0. The number of carbonyl (C=O) groups is 3. The van der Waals surface area contributed by atoms with Crippen LogP contribution in [0.2, 0.25) is 0 Å². The van der Waals surface area contributed by atoms with Gasteiger partial charge in [-0.05, 0) is 37.4 Å². The molecule has 0 aliphatic rings. The number of amides is 2. The molecule has 0 radical (unpaired) electrons. The zero-order chi connectivity index (χ0) is 21.7. The quantitative estimate of drug-likeness (QED) is 0.526. The lowest BCUT2D eigenvalue weighted by Gasteiger charge is -2.13. The third-order valence-electron chi connectivity index (χ3n) is 4.15. The number of esters is 1. The summed E-state index contributed by atoms with van der Waals surface area (Å²) < 4.78 is 10.7. The maximum absolute atomic E-state index is 12.2. The molecule has 0 aliphatic carbocycles. The van der Waals surface area contributed by atoms with E-state index in [2.05, 4.69) is 15.5 Å². The van der Waals surface area contributed by atoms with Crippen molar-refractivity contribution in [1.82, 2.24) is 10.2 Å². The Kier molecular flexibility index (Phi) is 6.58. The second-order valence-electron chi connectivity index (χ2n) is 6.52. The molecule has 0 bridgehead atoms. The van der Waals surface area contributed by atoms with Gasteiger partial charge < -0.3 is 20.2 Å². The molecule has 1 unspecified atom stereocenters. The van der Waals surface area contributed by atoms with E-state index in [1.807, 2.05) is 31.2 Å². The van der Waals surface area contributed by atoms with Crippen LogP contribution in [0.25, 0.3) is 11.5 Å². The molecule has 2 heterocycles. The maximum atomic E-state index is 12.2. The SMILES string of the molecule is Cc1ccc(-c2nnc(CCC(=O)OC(C)C(=O)Nc3sccc3C(N)=O)o2)cc1. The topological polar surface area (TPSA) is 137 Å². The molecule has 9 nitrogen and oxygen atoms in total. The van der Waals surface area contributed by atoms with Crippen LogP contribution in [0.1, 0.15) is 35.2 Å². The average molecular weight is 428 g/mol. The van der Waals surface area contributed by atoms with Gasteiger partial charge in [-0.25, -0.2) is 0 Å². The molecule has 0 aliphatic heterocycles. The van der Waals surface area contributed by atoms with Crippen molar-refractivity contribution in [2.75, 3.05) is 5.32 Å². The van der Waals surface area contributed by atoms with E-state index in [4.69, 9.17) is 14.9 Å². The number of nitrogens with one attached hydrogen (secondary N) is 1. The highest BCUT2D eigenvalue weighted by molar-refractivity contribution is 7.14. The maximum Gasteiger partial charge on any atom is 0.307 e. The second kappa shape index (κ2) is 9.31. The molecule has 1 aromatic carbocycles. The number of aromatic nitrogens is 2. The summed E-state index contributed by atoms with van der Waals surface area (Å²) in [5.41, 5.74) is 7.35. The molecule has 3 aromatic rings. The van der Waals surface area contributed by atoms with E-state index in [0.29, 0.717) is 16.8 Å². The third kappa shape index (κ3) is 5.29. The van der Waals surface area contributed by atoms with Gasteiger partial charge in [0, 0.05) is 12.0 Å². The van der Waals surface area contributed by atoms with Crippen LogP contribution in [0, 0.1) is 6.92 Å². The van der Waals surface area contributed by atoms with Crippen molar-refractivity contribution >= 4 is 34.1 Å². The molecule has 30 heavy (non-hydrogen) atoms. The van der Waals surface area contributed by atoms with Crippen LogP contribution in [0.5, 0.6) is 0 Å². The molecule has 1 atom stereocenters. The summed E-state index contributed by atoms with van der Waals surface area (Å²) in [5, 5.41) is 12.4. The number of anilines is 1. The molecule has 10 heteroatoms. The highest BCUT2D eigenvalue weighted by atomic mass is 32.1. The molecule has 2 aromatic heterocycles. The van der Waals surface area contributed by atoms with Gasteiger partial charge in [-0.2, -0.15) is 0 Å². The first-order valence-electron chi connectivity index (χ1n) is 9.10. The number of thiophene rings is 1. The van der Waals surface area contributed by atoms with E-state index in [9.17, 15) is 14.4 Å². The van der Waals surface area contributed by atoms with E-state index in [1.54, 1.807) is 5.38 Å². The first kappa shape index (κ1) is 21.2. The van der Waals surface area contributed by atoms with Crippen LogP contribution >= 0.6 is 11.3 Å². The molecule has 3 N–H and O–H groups in total. The Morgan fingerprint density at radius 1 is 1.20 bits per heavy atom. The number of hydrogen-bond acceptors (Lipinski definition) is 8. The van der Waals surface area contributed by atoms with Crippen molar-refractivity contribution in [3.63, 3.8) is 0 Å². The normalized spacial score (nSPS) is 11.7. The zero-order valence-electron chi connectivity index (χ0n) is 16.4. The number of primary amides is 1. The predicted octanol–water partition coefficient (Wildman–Crippen LogP) is 2.71. The van der Waals surface area contributed by atoms with Gasteiger partial charge in [0.1, 0.15) is 5.00 Å². The lowest BCUT2D eigenvalue weighted by Crippen LogP contribution is -2.30. The first-order valence-corrected chi connectivity index (χ1v) is 9.98. The summed E-state index contributed by atoms with van der Waals surface area (Å²) in [6, 6.07) is 9.13. The minimum absolute atomic E-state index is 0.0291. The van der Waals surface area contributed by atoms with Gasteiger partial charge in [0.25, 0.3) is 11.8 Å². The summed E-state index contributed by atoms with van der Waals surface area (Å²) in [6.45, 7) is 3.42. The molecular weight excluding hydrogens is 408 g/mol. The Bertz CT molecular complexity index is 1060. The fourth-order valence-corrected chi connectivity index (χ4v) is 3.29. The number of benzene rings is 1. The van der Waals surface area contributed by atoms with Crippen molar-refractivity contribution in [3.05, 3.63) is 52.7 Å². The molecule has 156 valence electrons. The largest absolute Gasteiger partial charge is 0.453 e. The lowest BCUT2D eigenvalue weighted by atomic mass is 10.1. The van der Waals surface area contributed by atoms with Crippen LogP contribution in [-0.2, 0) is 20.7 Å². The molecular formula is C20H20N4O5S. The molecule has 2 amide bonds. The Balaban J connectivity index is 1.49. The molecule has 0 saturated carbocycles. The highest BCUT2D eigenvalue weighted by Crippen LogP contribution is 2.23. The van der Waals surface area contributed by atoms with Crippen LogP contribution in [0.4, 0.5) is 5.00 Å². The number of hydrogen-bond donors (Lipinski definition) is 2. The third-order valence-corrected chi connectivity index (χ3v) is 4.98. The summed E-state index contributed by atoms with van der Waals surface area (Å²) in [4.78, 5) is 35.6. The fourth-order valence-electron chi connectivity index (χ4n) is 2.50. The average Bonchev–Trinajstić information content (AvgIpc) is 3.36. The zero-order valence-corrected chi connectivity index (χ0v) is 17.2. The van der Waals surface area contributed by atoms with Crippen molar-refractivity contribution < 1.29 is 23.5 Å². The van der Waals surface area contributed by atoms with Crippen molar-refractivity contribution in [3.8, 4) is 11.5 Å². The number of carbonyl (C=O) groups excluding carboxylic acids is 3. The summed E-state index contributed by atoms with van der Waals surface area (Å²) in [5.74, 6) is -1.14. The number of rotatable bonds is 8. The van der Waals surface area contributed by atoms with Crippen LogP contribution in [0.15, 0.2) is 40.1 Å². The van der Waals surface area contributed by atoms with Crippen molar-refractivity contribution in [2.45, 2.75) is 32.8 Å². The smallest absolute Gasteiger partial charge is 0.307 e. The summed E-state index contributed by atoms with van der Waals surface area (Å²) in [6.07, 6.45) is -0.896. The molecule has 3 rings (SSSR count). The Hall–Kier alpha value is -3.53. The van der Waals surface area contributed by atoms with E-state index in [-0.39, 0.29) is 18.4 Å². The fraction of sp³-hybridized carbons (Fsp3) is 0.250. The second-order valence-corrected chi connectivity index (χ2v) is 7.43. The molecule has 0 spiro atoms. The van der Waals surface area contributed by atoms with Gasteiger partial charge in [-0.1, -0.05) is 17.7 Å². The van der Waals surface area contributed by atoms with Gasteiger partial charge in [-0.3, -0.25) is 14.4 Å². The van der Waals surface area contributed by atoms with Gasteiger partial charge in [0.05, 0.1) is 12.0 Å². The highest BCUT2D eigenvalue weighted by Gasteiger charge is 2.21. The molecule has 0 saturated heterocycles. The van der Waals surface area contributed by atoms with Crippen LogP contribution in [0.3, 0.4) is 0 Å². The van der Waals surface area contributed by atoms with E-state index < -0.39 is 23.9 Å². The lowest BCUT2D eigenvalue weighted by molar-refractivity contribution is -0.153. The van der Waals surface area contributed by atoms with E-state index in [1.165, 1.54) is 13.0 Å². The minimum Gasteiger partial charge on any atom is -0.453 e. The number of aryl methyl sites for hydroxylation is 2. The number of ether oxygens (including phenoxy) is 1. The predicted molar refractivity (Wildman–Crippen MR) is 110 cm³/mol. The van der Waals surface area contributed by atoms with Crippen molar-refractivity contribution in [2.24, 2.45) is 5.73 Å². The van der Waals surface area contributed by atoms with Crippen molar-refractivity contribution in [1.29, 1.82) is 0 Å². The number of nitrogens with zero attached hydrogens (tertiary/aromatic N) is 2. The molecule has 0 fully saturated rings. The van der Waals surface area contributed by atoms with Crippen LogP contribution in [-0.4, -0.2) is 34.1 Å². The van der Waals surface area contributed by atoms with E-state index >= 15 is 0 Å². The van der Waals surface area contributed by atoms with Gasteiger partial charge in [0.2, 0.25) is 11.8 Å². The summed E-state index contributed by atoms with van der Waals surface area (Å²) >= 11 is 1.15. The van der Waals surface area contributed by atoms with Gasteiger partial charge in [-0.15, -0.1) is 21.5 Å². The Labute approximate surface area is 176 Å². The van der Waals surface area contributed by atoms with Gasteiger partial charge >= 0.3 is 5.97 Å². The first-order chi connectivity index (χ1) is 14.3. The van der Waals surface area contributed by atoms with E-state index in [0.717, 1.165) is 22.5 Å². The van der Waals surface area contributed by atoms with Crippen LogP contribution < -0.4 is 11.1 Å². The Morgan fingerprint density at radius 2 is 1.93 bits per heavy atom. The van der Waals surface area contributed by atoms with Gasteiger partial charge in [0.15, 0.2) is 6.10 Å². The monoisotopic (exact) mass is 428 g/mol. The standard InChI is InChI=1S/C20H20N4O5S/c1-11-3-5-13(6-4-11)19-24-23-15(29-19)7-8-16(25)28-12(2)18(27)22-20-14(17(21)26)9-10-30-20/h3-6,9-10,12H,7-8H2,1-2H3,(H2,21,26)(H,22,27). The number of nitrogens with two attached hydrogens (primary N) is 1. The Morgan fingerprint density at radius 3 is 2.63 bits per heavy atom. The minimum atomic E-state index is -1.05.